The van der Waals surface area contributed by atoms with Crippen LogP contribution in [0.15, 0.2) is 24.3 Å². The van der Waals surface area contributed by atoms with Gasteiger partial charge in [0.05, 0.1) is 18.6 Å². The number of para-hydroxylation sites is 1. The normalized spacial score (nSPS) is 23.1. The minimum atomic E-state index is -1.08. The van der Waals surface area contributed by atoms with Crippen LogP contribution in [0.1, 0.15) is 88.4 Å². The maximum Gasteiger partial charge on any atom is 0.255 e. The van der Waals surface area contributed by atoms with Gasteiger partial charge in [0.15, 0.2) is 0 Å². The van der Waals surface area contributed by atoms with Crippen molar-refractivity contribution in [2.45, 2.75) is 96.2 Å². The molecule has 37 heavy (non-hydrogen) atoms. The van der Waals surface area contributed by atoms with E-state index in [4.69, 9.17) is 4.74 Å². The Morgan fingerprint density at radius 2 is 1.73 bits per heavy atom. The molecule has 9 heteroatoms. The highest BCUT2D eigenvalue weighted by Gasteiger charge is 2.30. The van der Waals surface area contributed by atoms with Crippen molar-refractivity contribution in [2.24, 2.45) is 5.92 Å². The van der Waals surface area contributed by atoms with Crippen molar-refractivity contribution in [3.05, 3.63) is 29.8 Å². The Bertz CT molecular complexity index is 929. The van der Waals surface area contributed by atoms with Crippen molar-refractivity contribution in [2.75, 3.05) is 13.2 Å². The van der Waals surface area contributed by atoms with Crippen LogP contribution < -0.4 is 26.0 Å². The molecule has 3 rings (SSSR count). The topological polar surface area (TPSA) is 126 Å². The van der Waals surface area contributed by atoms with Crippen LogP contribution in [-0.2, 0) is 14.4 Å². The number of hydrogen-bond donors (Lipinski definition) is 4. The fourth-order valence-corrected chi connectivity index (χ4v) is 4.84. The fraction of sp³-hybridized carbons (Fsp3) is 0.643. The van der Waals surface area contributed by atoms with Gasteiger partial charge in [0, 0.05) is 12.6 Å². The maximum atomic E-state index is 13.3. The lowest BCUT2D eigenvalue weighted by Crippen LogP contribution is -2.53. The molecule has 0 spiro atoms. The van der Waals surface area contributed by atoms with Crippen molar-refractivity contribution < 1.29 is 23.9 Å². The van der Waals surface area contributed by atoms with E-state index >= 15 is 0 Å². The molecule has 1 aliphatic carbocycles. The van der Waals surface area contributed by atoms with E-state index in [1.807, 2.05) is 13.8 Å². The Kier molecular flexibility index (Phi) is 11.2. The molecular formula is C28H42N4O5. The third-order valence-corrected chi connectivity index (χ3v) is 6.83. The number of benzene rings is 1. The summed E-state index contributed by atoms with van der Waals surface area (Å²) >= 11 is 0. The van der Waals surface area contributed by atoms with Gasteiger partial charge in [0.25, 0.3) is 5.91 Å². The molecule has 9 nitrogen and oxygen atoms in total. The van der Waals surface area contributed by atoms with E-state index in [1.54, 1.807) is 24.3 Å². The number of ether oxygens (including phenoxy) is 1. The molecule has 2 aliphatic rings. The summed E-state index contributed by atoms with van der Waals surface area (Å²) in [7, 11) is 0. The highest BCUT2D eigenvalue weighted by molar-refractivity contribution is 6.01. The highest BCUT2D eigenvalue weighted by atomic mass is 16.5. The summed E-state index contributed by atoms with van der Waals surface area (Å²) < 4.78 is 5.89. The van der Waals surface area contributed by atoms with Crippen LogP contribution in [0, 0.1) is 5.92 Å². The number of fused-ring (bicyclic) bond motifs is 1. The Morgan fingerprint density at radius 1 is 1.00 bits per heavy atom. The van der Waals surface area contributed by atoms with Crippen LogP contribution in [0.25, 0.3) is 0 Å². The van der Waals surface area contributed by atoms with Gasteiger partial charge in [-0.15, -0.1) is 0 Å². The number of amides is 4. The molecule has 2 atom stereocenters. The molecule has 0 radical (unpaired) electrons. The molecule has 204 valence electrons. The van der Waals surface area contributed by atoms with Gasteiger partial charge in [-0.2, -0.15) is 0 Å². The summed E-state index contributed by atoms with van der Waals surface area (Å²) in [6.07, 6.45) is 7.57. The van der Waals surface area contributed by atoms with Crippen molar-refractivity contribution in [3.63, 3.8) is 0 Å². The molecule has 4 N–H and O–H groups in total. The van der Waals surface area contributed by atoms with E-state index in [-0.39, 0.29) is 24.3 Å². The molecule has 0 saturated heterocycles. The summed E-state index contributed by atoms with van der Waals surface area (Å²) in [6, 6.07) is 5.18. The summed E-state index contributed by atoms with van der Waals surface area (Å²) in [5.41, 5.74) is 0.319. The zero-order chi connectivity index (χ0) is 26.6. The first-order chi connectivity index (χ1) is 17.8. The Labute approximate surface area is 219 Å². The van der Waals surface area contributed by atoms with Crippen LogP contribution >= 0.6 is 0 Å². The zero-order valence-electron chi connectivity index (χ0n) is 22.1. The van der Waals surface area contributed by atoms with E-state index in [1.165, 1.54) is 0 Å². The Hall–Kier alpha value is -3.10. The Morgan fingerprint density at radius 3 is 2.49 bits per heavy atom. The van der Waals surface area contributed by atoms with E-state index in [2.05, 4.69) is 21.3 Å². The van der Waals surface area contributed by atoms with Gasteiger partial charge in [-0.05, 0) is 50.2 Å². The molecule has 1 aromatic rings. The molecule has 1 aromatic carbocycles. The molecule has 0 unspecified atom stereocenters. The third-order valence-electron chi connectivity index (χ3n) is 6.83. The highest BCUT2D eigenvalue weighted by Crippen LogP contribution is 2.20. The van der Waals surface area contributed by atoms with E-state index < -0.39 is 29.8 Å². The van der Waals surface area contributed by atoms with Crippen LogP contribution in [0.3, 0.4) is 0 Å². The lowest BCUT2D eigenvalue weighted by Gasteiger charge is -2.24. The van der Waals surface area contributed by atoms with Gasteiger partial charge in [0.1, 0.15) is 17.8 Å². The summed E-state index contributed by atoms with van der Waals surface area (Å²) in [6.45, 7) is 4.97. The summed E-state index contributed by atoms with van der Waals surface area (Å²) in [5, 5.41) is 11.5. The monoisotopic (exact) mass is 514 g/mol. The van der Waals surface area contributed by atoms with E-state index in [0.29, 0.717) is 30.9 Å². The molecule has 1 fully saturated rings. The minimum absolute atomic E-state index is 0.0376. The van der Waals surface area contributed by atoms with Crippen LogP contribution in [-0.4, -0.2) is 54.9 Å². The van der Waals surface area contributed by atoms with Crippen molar-refractivity contribution in [1.29, 1.82) is 0 Å². The Balaban J connectivity index is 1.81. The second kappa shape index (κ2) is 14.6. The fourth-order valence-electron chi connectivity index (χ4n) is 4.84. The second-order valence-electron chi connectivity index (χ2n) is 10.5. The first-order valence-corrected chi connectivity index (χ1v) is 13.7. The average Bonchev–Trinajstić information content (AvgIpc) is 3.37. The molecule has 0 aromatic heterocycles. The minimum Gasteiger partial charge on any atom is -0.493 e. The molecule has 1 aliphatic heterocycles. The van der Waals surface area contributed by atoms with Gasteiger partial charge in [-0.25, -0.2) is 0 Å². The number of rotatable bonds is 4. The molecule has 4 amide bonds. The van der Waals surface area contributed by atoms with Gasteiger partial charge < -0.3 is 26.0 Å². The SMILES string of the molecule is CC(C)C[C@@H]1NC(=O)C[C@@H](C(=O)NC2CCCC2)NC(=O)c2ccccc2OCCCCCCNC1=O. The smallest absolute Gasteiger partial charge is 0.255 e. The first kappa shape index (κ1) is 28.5. The number of nitrogens with one attached hydrogen (secondary N) is 4. The van der Waals surface area contributed by atoms with Crippen LogP contribution in [0.5, 0.6) is 5.75 Å². The van der Waals surface area contributed by atoms with Gasteiger partial charge in [-0.1, -0.05) is 51.7 Å². The van der Waals surface area contributed by atoms with Gasteiger partial charge >= 0.3 is 0 Å². The van der Waals surface area contributed by atoms with Crippen molar-refractivity contribution in [3.8, 4) is 5.75 Å². The number of carbonyl (C=O) groups excluding carboxylic acids is 4. The van der Waals surface area contributed by atoms with E-state index in [9.17, 15) is 19.2 Å². The molecule has 0 bridgehead atoms. The van der Waals surface area contributed by atoms with Crippen LogP contribution in [0.4, 0.5) is 0 Å². The second-order valence-corrected chi connectivity index (χ2v) is 10.5. The predicted molar refractivity (Wildman–Crippen MR) is 141 cm³/mol. The van der Waals surface area contributed by atoms with Gasteiger partial charge in [-0.3, -0.25) is 19.2 Å². The largest absolute Gasteiger partial charge is 0.493 e. The standard InChI is InChI=1S/C28H42N4O5/c1-19(2)17-22-27(35)29-15-9-3-4-10-16-37-24-14-8-7-13-21(24)26(34)32-23(18-25(33)31-22)28(36)30-20-11-5-6-12-20/h7-8,13-14,19-20,22-23H,3-6,9-12,15-18H2,1-2H3,(H,29,35)(H,30,36)(H,31,33)(H,32,34)/t22-,23-/m0/s1. The number of hydrogen-bond acceptors (Lipinski definition) is 5. The zero-order valence-corrected chi connectivity index (χ0v) is 22.1. The maximum absolute atomic E-state index is 13.3. The van der Waals surface area contributed by atoms with Crippen LogP contribution in [0.2, 0.25) is 0 Å². The van der Waals surface area contributed by atoms with E-state index in [0.717, 1.165) is 51.4 Å². The van der Waals surface area contributed by atoms with Gasteiger partial charge in [0.2, 0.25) is 17.7 Å². The predicted octanol–water partition coefficient (Wildman–Crippen LogP) is 2.83. The average molecular weight is 515 g/mol. The first-order valence-electron chi connectivity index (χ1n) is 13.7. The van der Waals surface area contributed by atoms with Crippen molar-refractivity contribution in [1.82, 2.24) is 21.3 Å². The number of carbonyl (C=O) groups is 4. The summed E-state index contributed by atoms with van der Waals surface area (Å²) in [5.74, 6) is -0.924. The lowest BCUT2D eigenvalue weighted by molar-refractivity contribution is -0.131. The summed E-state index contributed by atoms with van der Waals surface area (Å²) in [4.78, 5) is 52.3. The lowest BCUT2D eigenvalue weighted by atomic mass is 10.0. The molecule has 1 heterocycles. The molecular weight excluding hydrogens is 472 g/mol. The van der Waals surface area contributed by atoms with Crippen molar-refractivity contribution >= 4 is 23.6 Å². The third kappa shape index (κ3) is 9.37. The molecule has 1 saturated carbocycles. The quantitative estimate of drug-likeness (QED) is 0.492.